The van der Waals surface area contributed by atoms with E-state index in [9.17, 15) is 18.0 Å². The highest BCUT2D eigenvalue weighted by Gasteiger charge is 2.34. The van der Waals surface area contributed by atoms with Gasteiger partial charge in [-0.3, -0.25) is 0 Å². The van der Waals surface area contributed by atoms with Crippen molar-refractivity contribution in [3.8, 4) is 0 Å². The molecule has 0 saturated heterocycles. The summed E-state index contributed by atoms with van der Waals surface area (Å²) >= 11 is 0. The van der Waals surface area contributed by atoms with Crippen molar-refractivity contribution >= 4 is 27.6 Å². The van der Waals surface area contributed by atoms with E-state index in [1.807, 2.05) is 0 Å². The van der Waals surface area contributed by atoms with Gasteiger partial charge in [-0.15, -0.1) is 0 Å². The molecule has 0 bridgehead atoms. The summed E-state index contributed by atoms with van der Waals surface area (Å²) in [4.78, 5) is 26.1. The van der Waals surface area contributed by atoms with Crippen LogP contribution in [0.15, 0.2) is 34.4 Å². The predicted molar refractivity (Wildman–Crippen MR) is 106 cm³/mol. The van der Waals surface area contributed by atoms with Gasteiger partial charge in [0.2, 0.25) is 10.0 Å². The van der Waals surface area contributed by atoms with Gasteiger partial charge in [-0.25, -0.2) is 18.0 Å². The van der Waals surface area contributed by atoms with Crippen LogP contribution in [0, 0.1) is 6.92 Å². The maximum atomic E-state index is 12.9. The summed E-state index contributed by atoms with van der Waals surface area (Å²) in [6.45, 7) is 5.77. The van der Waals surface area contributed by atoms with Crippen molar-refractivity contribution < 1.29 is 32.2 Å². The maximum absolute atomic E-state index is 12.9. The third kappa shape index (κ3) is 4.44. The van der Waals surface area contributed by atoms with Crippen LogP contribution in [0.25, 0.3) is 0 Å². The molecule has 1 aliphatic rings. The maximum Gasteiger partial charge on any atom is 0.355 e. The van der Waals surface area contributed by atoms with Crippen LogP contribution in [0.5, 0.6) is 0 Å². The zero-order chi connectivity index (χ0) is 21.8. The molecule has 9 nitrogen and oxygen atoms in total. The lowest BCUT2D eigenvalue weighted by molar-refractivity contribution is -0.140. The van der Waals surface area contributed by atoms with Gasteiger partial charge in [-0.2, -0.15) is 4.31 Å². The molecule has 29 heavy (non-hydrogen) atoms. The fourth-order valence-electron chi connectivity index (χ4n) is 3.09. The van der Waals surface area contributed by atoms with Gasteiger partial charge in [-0.1, -0.05) is 19.9 Å². The van der Waals surface area contributed by atoms with Gasteiger partial charge in [-0.05, 0) is 24.6 Å². The molecule has 2 rings (SSSR count). The summed E-state index contributed by atoms with van der Waals surface area (Å²) in [6, 6.07) is 4.63. The molecule has 1 aromatic rings. The number of hydrogen-bond donors (Lipinski definition) is 0. The third-order valence-electron chi connectivity index (χ3n) is 4.65. The molecule has 0 radical (unpaired) electrons. The molecule has 0 unspecified atom stereocenters. The van der Waals surface area contributed by atoms with Crippen LogP contribution < -0.4 is 4.90 Å². The Kier molecular flexibility index (Phi) is 7.39. The molecular weight excluding hydrogens is 400 g/mol. The highest BCUT2D eigenvalue weighted by Crippen LogP contribution is 2.32. The molecular formula is C19H26N2O7S. The van der Waals surface area contributed by atoms with Crippen molar-refractivity contribution in [1.82, 2.24) is 4.31 Å². The fourth-order valence-corrected chi connectivity index (χ4v) is 4.57. The van der Waals surface area contributed by atoms with Crippen LogP contribution in [0.2, 0.25) is 0 Å². The number of sulfonamides is 1. The number of aryl methyl sites for hydroxylation is 1. The lowest BCUT2D eigenvalue weighted by atomic mass is 10.1. The number of esters is 2. The molecule has 0 fully saturated rings. The first kappa shape index (κ1) is 22.9. The van der Waals surface area contributed by atoms with Gasteiger partial charge in [0.1, 0.15) is 12.4 Å². The number of ether oxygens (including phenoxy) is 3. The molecule has 1 aromatic carbocycles. The predicted octanol–water partition coefficient (Wildman–Crippen LogP) is 1.42. The SMILES string of the molecule is CCN(CC)S(=O)(=O)c1ccc(C)c(N2COCC(C(=O)OC)=C2C(=O)OC)c1. The van der Waals surface area contributed by atoms with Crippen LogP contribution >= 0.6 is 0 Å². The number of benzene rings is 1. The van der Waals surface area contributed by atoms with E-state index in [1.54, 1.807) is 26.8 Å². The third-order valence-corrected chi connectivity index (χ3v) is 6.69. The summed E-state index contributed by atoms with van der Waals surface area (Å²) in [5.74, 6) is -1.47. The number of carbonyl (C=O) groups is 2. The van der Waals surface area contributed by atoms with E-state index in [2.05, 4.69) is 0 Å². The quantitative estimate of drug-likeness (QED) is 0.603. The van der Waals surface area contributed by atoms with E-state index in [4.69, 9.17) is 14.2 Å². The second kappa shape index (κ2) is 9.38. The smallest absolute Gasteiger partial charge is 0.355 e. The van der Waals surface area contributed by atoms with E-state index >= 15 is 0 Å². The second-order valence-corrected chi connectivity index (χ2v) is 8.19. The lowest BCUT2D eigenvalue weighted by Gasteiger charge is -2.32. The van der Waals surface area contributed by atoms with Crippen molar-refractivity contribution in [2.75, 3.05) is 45.5 Å². The topological polar surface area (TPSA) is 102 Å². The van der Waals surface area contributed by atoms with Gasteiger partial charge in [0.15, 0.2) is 0 Å². The highest BCUT2D eigenvalue weighted by atomic mass is 32.2. The average Bonchev–Trinajstić information content (AvgIpc) is 2.72. The summed E-state index contributed by atoms with van der Waals surface area (Å²) in [7, 11) is -1.31. The Hall–Kier alpha value is -2.43. The molecule has 160 valence electrons. The first-order chi connectivity index (χ1) is 13.7. The standard InChI is InChI=1S/C19H26N2O7S/c1-6-20(7-2)29(24,25)14-9-8-13(3)16(10-14)21-12-28-11-15(18(22)26-4)17(21)19(23)27-5/h8-10H,6-7,11-12H2,1-5H3. The highest BCUT2D eigenvalue weighted by molar-refractivity contribution is 7.89. The normalized spacial score (nSPS) is 14.9. The molecule has 0 aromatic heterocycles. The van der Waals surface area contributed by atoms with E-state index in [-0.39, 0.29) is 29.5 Å². The van der Waals surface area contributed by atoms with Crippen LogP contribution in [-0.2, 0) is 33.8 Å². The first-order valence-corrected chi connectivity index (χ1v) is 10.5. The van der Waals surface area contributed by atoms with Crippen molar-refractivity contribution in [2.24, 2.45) is 0 Å². The number of anilines is 1. The Morgan fingerprint density at radius 2 is 1.76 bits per heavy atom. The number of carbonyl (C=O) groups excluding carboxylic acids is 2. The molecule has 0 amide bonds. The van der Waals surface area contributed by atoms with Crippen LogP contribution in [0.1, 0.15) is 19.4 Å². The molecule has 0 atom stereocenters. The van der Waals surface area contributed by atoms with Gasteiger partial charge < -0.3 is 19.1 Å². The molecule has 1 aliphatic heterocycles. The molecule has 0 saturated carbocycles. The zero-order valence-electron chi connectivity index (χ0n) is 17.2. The number of hydrogen-bond acceptors (Lipinski definition) is 8. The zero-order valence-corrected chi connectivity index (χ0v) is 18.0. The Labute approximate surface area is 170 Å². The summed E-state index contributed by atoms with van der Waals surface area (Å²) in [5.41, 5.74) is 1.08. The minimum absolute atomic E-state index is 0.00185. The molecule has 0 N–H and O–H groups in total. The van der Waals surface area contributed by atoms with E-state index in [0.717, 1.165) is 0 Å². The molecule has 0 aliphatic carbocycles. The fraction of sp³-hybridized carbons (Fsp3) is 0.474. The van der Waals surface area contributed by atoms with Gasteiger partial charge in [0.05, 0.1) is 31.3 Å². The van der Waals surface area contributed by atoms with Crippen LogP contribution in [-0.4, -0.2) is 65.3 Å². The first-order valence-electron chi connectivity index (χ1n) is 9.08. The van der Waals surface area contributed by atoms with Crippen LogP contribution in [0.4, 0.5) is 5.69 Å². The van der Waals surface area contributed by atoms with Crippen molar-refractivity contribution in [3.63, 3.8) is 0 Å². The minimum Gasteiger partial charge on any atom is -0.466 e. The molecule has 10 heteroatoms. The Balaban J connectivity index is 2.66. The van der Waals surface area contributed by atoms with Gasteiger partial charge >= 0.3 is 11.9 Å². The van der Waals surface area contributed by atoms with E-state index in [1.165, 1.54) is 35.6 Å². The second-order valence-electron chi connectivity index (χ2n) is 6.25. The average molecular weight is 426 g/mol. The van der Waals surface area contributed by atoms with Crippen molar-refractivity contribution in [2.45, 2.75) is 25.7 Å². The summed E-state index contributed by atoms with van der Waals surface area (Å²) < 4.78 is 42.3. The van der Waals surface area contributed by atoms with E-state index < -0.39 is 22.0 Å². The van der Waals surface area contributed by atoms with E-state index in [0.29, 0.717) is 24.3 Å². The van der Waals surface area contributed by atoms with Crippen molar-refractivity contribution in [3.05, 3.63) is 35.0 Å². The van der Waals surface area contributed by atoms with Gasteiger partial charge in [0.25, 0.3) is 0 Å². The summed E-state index contributed by atoms with van der Waals surface area (Å²) in [6.07, 6.45) is 0. The number of nitrogens with zero attached hydrogens (tertiary/aromatic N) is 2. The van der Waals surface area contributed by atoms with Gasteiger partial charge in [0, 0.05) is 18.8 Å². The Morgan fingerprint density at radius 1 is 1.14 bits per heavy atom. The Bertz CT molecular complexity index is 920. The summed E-state index contributed by atoms with van der Waals surface area (Å²) in [5, 5.41) is 0. The minimum atomic E-state index is -3.71. The number of rotatable bonds is 7. The Morgan fingerprint density at radius 3 is 2.31 bits per heavy atom. The monoisotopic (exact) mass is 426 g/mol. The molecule has 0 spiro atoms. The van der Waals surface area contributed by atoms with Crippen molar-refractivity contribution in [1.29, 1.82) is 0 Å². The largest absolute Gasteiger partial charge is 0.466 e. The molecule has 1 heterocycles. The number of methoxy groups -OCH3 is 2. The van der Waals surface area contributed by atoms with Crippen LogP contribution in [0.3, 0.4) is 0 Å². The lowest BCUT2D eigenvalue weighted by Crippen LogP contribution is -2.39.